The lowest BCUT2D eigenvalue weighted by atomic mass is 10.1. The lowest BCUT2D eigenvalue weighted by Gasteiger charge is -2.18. The Balaban J connectivity index is 2.36. The van der Waals surface area contributed by atoms with Crippen molar-refractivity contribution >= 4 is 6.29 Å². The van der Waals surface area contributed by atoms with Gasteiger partial charge in [0.25, 0.3) is 5.56 Å². The molecule has 0 bridgehead atoms. The molecular formula is C13H18FN3O6. The van der Waals surface area contributed by atoms with Crippen molar-refractivity contribution < 1.29 is 24.1 Å². The van der Waals surface area contributed by atoms with Crippen molar-refractivity contribution in [2.75, 3.05) is 6.61 Å². The first-order valence-electron chi connectivity index (χ1n) is 7.00. The summed E-state index contributed by atoms with van der Waals surface area (Å²) in [5, 5.41) is 18.6. The zero-order valence-corrected chi connectivity index (χ0v) is 12.1. The summed E-state index contributed by atoms with van der Waals surface area (Å²) in [6.45, 7) is -0.830. The van der Waals surface area contributed by atoms with Gasteiger partial charge in [0.15, 0.2) is 12.4 Å². The number of carbonyl (C=O) groups is 1. The Morgan fingerprint density at radius 3 is 2.74 bits per heavy atom. The van der Waals surface area contributed by atoms with Crippen LogP contribution in [0.25, 0.3) is 0 Å². The van der Waals surface area contributed by atoms with E-state index >= 15 is 0 Å². The summed E-state index contributed by atoms with van der Waals surface area (Å²) in [5.74, 6) is 0. The van der Waals surface area contributed by atoms with E-state index in [0.717, 1.165) is 21.4 Å². The first kappa shape index (κ1) is 17.5. The molecule has 0 amide bonds. The average molecular weight is 331 g/mol. The second kappa shape index (κ2) is 7.13. The predicted molar refractivity (Wildman–Crippen MR) is 75.5 cm³/mol. The molecule has 1 aromatic heterocycles. The van der Waals surface area contributed by atoms with Crippen molar-refractivity contribution in [1.82, 2.24) is 9.13 Å². The van der Waals surface area contributed by atoms with Crippen LogP contribution in [0.1, 0.15) is 12.6 Å². The van der Waals surface area contributed by atoms with Crippen molar-refractivity contribution in [3.05, 3.63) is 33.1 Å². The number of aliphatic hydroxyl groups is 2. The van der Waals surface area contributed by atoms with Crippen molar-refractivity contribution in [3.63, 3.8) is 0 Å². The van der Waals surface area contributed by atoms with Crippen LogP contribution in [0.15, 0.2) is 21.9 Å². The van der Waals surface area contributed by atoms with Gasteiger partial charge in [-0.2, -0.15) is 0 Å². The minimum atomic E-state index is -1.94. The lowest BCUT2D eigenvalue weighted by Crippen LogP contribution is -2.45. The average Bonchev–Trinajstić information content (AvgIpc) is 2.80. The molecule has 1 aliphatic rings. The van der Waals surface area contributed by atoms with Crippen LogP contribution in [-0.2, 0) is 16.1 Å². The number of hydrogen-bond acceptors (Lipinski definition) is 7. The summed E-state index contributed by atoms with van der Waals surface area (Å²) >= 11 is 0. The van der Waals surface area contributed by atoms with Gasteiger partial charge >= 0.3 is 5.69 Å². The number of halogens is 1. The number of nitrogens with two attached hydrogens (primary N) is 1. The Bertz CT molecular complexity index is 674. The van der Waals surface area contributed by atoms with E-state index in [-0.39, 0.29) is 13.0 Å². The zero-order valence-electron chi connectivity index (χ0n) is 12.1. The highest BCUT2D eigenvalue weighted by Crippen LogP contribution is 2.30. The Morgan fingerprint density at radius 1 is 1.48 bits per heavy atom. The van der Waals surface area contributed by atoms with Crippen molar-refractivity contribution in [2.45, 2.75) is 43.6 Å². The molecule has 2 rings (SSSR count). The quantitative estimate of drug-likeness (QED) is 0.491. The summed E-state index contributed by atoms with van der Waals surface area (Å²) in [5.41, 5.74) is 4.10. The Hall–Kier alpha value is -1.88. The summed E-state index contributed by atoms with van der Waals surface area (Å²) in [6.07, 6.45) is -4.59. The maximum Gasteiger partial charge on any atom is 0.333 e. The van der Waals surface area contributed by atoms with Crippen LogP contribution in [0, 0.1) is 0 Å². The first-order valence-corrected chi connectivity index (χ1v) is 7.00. The zero-order chi connectivity index (χ0) is 17.1. The van der Waals surface area contributed by atoms with Gasteiger partial charge in [0, 0.05) is 31.3 Å². The van der Waals surface area contributed by atoms with E-state index in [2.05, 4.69) is 0 Å². The molecule has 9 nitrogen and oxygen atoms in total. The van der Waals surface area contributed by atoms with E-state index in [0.29, 0.717) is 6.29 Å². The smallest absolute Gasteiger partial charge is 0.333 e. The number of aldehydes is 1. The number of rotatable bonds is 6. The fourth-order valence-electron chi connectivity index (χ4n) is 2.40. The number of hydrogen-bond donors (Lipinski definition) is 3. The van der Waals surface area contributed by atoms with Crippen LogP contribution in [0.2, 0.25) is 0 Å². The maximum absolute atomic E-state index is 14.1. The van der Waals surface area contributed by atoms with Gasteiger partial charge in [0.05, 0.1) is 6.61 Å². The Labute approximate surface area is 129 Å². The van der Waals surface area contributed by atoms with Crippen LogP contribution in [0.3, 0.4) is 0 Å². The predicted octanol–water partition coefficient (Wildman–Crippen LogP) is -2.48. The van der Waals surface area contributed by atoms with Crippen molar-refractivity contribution in [1.29, 1.82) is 0 Å². The molecule has 0 spiro atoms. The van der Waals surface area contributed by atoms with E-state index < -0.39 is 48.5 Å². The molecule has 0 aliphatic carbocycles. The summed E-state index contributed by atoms with van der Waals surface area (Å²) in [4.78, 5) is 34.6. The molecule has 10 heteroatoms. The van der Waals surface area contributed by atoms with E-state index in [1.807, 2.05) is 0 Å². The highest BCUT2D eigenvalue weighted by molar-refractivity contribution is 5.50. The van der Waals surface area contributed by atoms with E-state index in [4.69, 9.17) is 15.6 Å². The molecule has 0 aromatic carbocycles. The molecule has 1 fully saturated rings. The fourth-order valence-corrected chi connectivity index (χ4v) is 2.40. The molecular weight excluding hydrogens is 313 g/mol. The van der Waals surface area contributed by atoms with Gasteiger partial charge in [-0.3, -0.25) is 13.9 Å². The molecule has 2 heterocycles. The largest absolute Gasteiger partial charge is 0.394 e. The first-order chi connectivity index (χ1) is 10.9. The standard InChI is InChI=1S/C13H18FN3O6/c14-10-11(21)8(6-19)23-12(10)16-3-1-9(20)17(13(16)22)5-7(15)2-4-18/h1,3-4,7-8,10-12,19,21H,2,5-6,15H2/t7?,8-,10+,11-,12-/m1/s1. The maximum atomic E-state index is 14.1. The van der Waals surface area contributed by atoms with Crippen molar-refractivity contribution in [3.8, 4) is 0 Å². The topological polar surface area (TPSA) is 137 Å². The van der Waals surface area contributed by atoms with Gasteiger partial charge in [0.1, 0.15) is 18.5 Å². The molecule has 1 aromatic rings. The van der Waals surface area contributed by atoms with Crippen molar-refractivity contribution in [2.24, 2.45) is 5.73 Å². The Morgan fingerprint density at radius 2 is 2.17 bits per heavy atom. The third-order valence-corrected chi connectivity index (χ3v) is 3.66. The monoisotopic (exact) mass is 331 g/mol. The second-order valence-electron chi connectivity index (χ2n) is 5.30. The van der Waals surface area contributed by atoms with Crippen LogP contribution in [0.4, 0.5) is 4.39 Å². The fraction of sp³-hybridized carbons (Fsp3) is 0.615. The van der Waals surface area contributed by atoms with Gasteiger partial charge in [-0.15, -0.1) is 0 Å². The van der Waals surface area contributed by atoms with E-state index in [1.54, 1.807) is 0 Å². The second-order valence-corrected chi connectivity index (χ2v) is 5.30. The van der Waals surface area contributed by atoms with E-state index in [9.17, 15) is 23.9 Å². The number of aromatic nitrogens is 2. The summed E-state index contributed by atoms with van der Waals surface area (Å²) < 4.78 is 20.8. The molecule has 1 unspecified atom stereocenters. The van der Waals surface area contributed by atoms with E-state index in [1.165, 1.54) is 0 Å². The van der Waals surface area contributed by atoms with Gasteiger partial charge in [-0.05, 0) is 0 Å². The highest BCUT2D eigenvalue weighted by atomic mass is 19.1. The van der Waals surface area contributed by atoms with Gasteiger partial charge in [-0.25, -0.2) is 9.18 Å². The number of ether oxygens (including phenoxy) is 1. The molecule has 1 aliphatic heterocycles. The van der Waals surface area contributed by atoms with Crippen LogP contribution < -0.4 is 17.0 Å². The molecule has 5 atom stereocenters. The minimum absolute atomic E-state index is 0.0439. The minimum Gasteiger partial charge on any atom is -0.394 e. The molecule has 1 saturated heterocycles. The number of carbonyl (C=O) groups excluding carboxylic acids is 1. The molecule has 23 heavy (non-hydrogen) atoms. The summed E-state index contributed by atoms with van der Waals surface area (Å²) in [6, 6.07) is 0.291. The lowest BCUT2D eigenvalue weighted by molar-refractivity contribution is -0.108. The third kappa shape index (κ3) is 3.39. The normalized spacial score (nSPS) is 28.7. The molecule has 0 saturated carbocycles. The van der Waals surface area contributed by atoms with Gasteiger partial charge in [-0.1, -0.05) is 0 Å². The number of nitrogens with zero attached hydrogens (tertiary/aromatic N) is 2. The van der Waals surface area contributed by atoms with Crippen LogP contribution >= 0.6 is 0 Å². The SMILES string of the molecule is NC(CC=O)Cn1c(=O)ccn([C@@H]2O[C@H](CO)[C@@H](O)[C@@H]2F)c1=O. The molecule has 128 valence electrons. The van der Waals surface area contributed by atoms with Gasteiger partial charge < -0.3 is 25.5 Å². The highest BCUT2D eigenvalue weighted by Gasteiger charge is 2.45. The number of aliphatic hydroxyl groups excluding tert-OH is 2. The Kier molecular flexibility index (Phi) is 5.42. The summed E-state index contributed by atoms with van der Waals surface area (Å²) in [7, 11) is 0. The molecule has 4 N–H and O–H groups in total. The van der Waals surface area contributed by atoms with Crippen LogP contribution in [-0.4, -0.2) is 56.7 Å². The molecule has 0 radical (unpaired) electrons. The van der Waals surface area contributed by atoms with Crippen LogP contribution in [0.5, 0.6) is 0 Å². The van der Waals surface area contributed by atoms with Gasteiger partial charge in [0.2, 0.25) is 0 Å². The third-order valence-electron chi connectivity index (χ3n) is 3.66. The number of alkyl halides is 1.